The molecule has 0 radical (unpaired) electrons. The number of carbonyl (C=O) groups excluding carboxylic acids is 2. The van der Waals surface area contributed by atoms with Gasteiger partial charge in [-0.1, -0.05) is 6.07 Å². The molecule has 0 saturated carbocycles. The highest BCUT2D eigenvalue weighted by Crippen LogP contribution is 2.39. The van der Waals surface area contributed by atoms with Gasteiger partial charge in [0.1, 0.15) is 28.4 Å². The fourth-order valence-corrected chi connectivity index (χ4v) is 5.36. The fraction of sp³-hybridized carbons (Fsp3) is 0.171. The molecule has 0 bridgehead atoms. The number of nitrogens with two attached hydrogens (primary N) is 1. The first-order valence-corrected chi connectivity index (χ1v) is 15.1. The Kier molecular flexibility index (Phi) is 8.49. The first kappa shape index (κ1) is 34.5. The zero-order chi connectivity index (χ0) is 37.0. The highest BCUT2D eigenvalue weighted by atomic mass is 19.4. The van der Waals surface area contributed by atoms with E-state index in [1.54, 1.807) is 50.8 Å². The molecule has 0 aliphatic rings. The van der Waals surface area contributed by atoms with Crippen LogP contribution in [0.4, 0.5) is 26.7 Å². The number of primary amides is 1. The molecule has 0 spiro atoms. The first-order valence-electron chi connectivity index (χ1n) is 15.1. The van der Waals surface area contributed by atoms with Crippen molar-refractivity contribution < 1.29 is 41.0 Å². The number of rotatable bonds is 6. The van der Waals surface area contributed by atoms with Crippen molar-refractivity contribution >= 4 is 22.9 Å². The molecule has 262 valence electrons. The lowest BCUT2D eigenvalue weighted by Gasteiger charge is -2.19. The molecule has 0 unspecified atom stereocenters. The molecule has 1 amide bonds. The minimum Gasteiger partial charge on any atom is -0.454 e. The summed E-state index contributed by atoms with van der Waals surface area (Å²) in [7, 11) is 1.71. The molecule has 3 aromatic heterocycles. The topological polar surface area (TPSA) is 136 Å². The second-order valence-corrected chi connectivity index (χ2v) is 12.4. The van der Waals surface area contributed by atoms with E-state index in [9.17, 15) is 31.9 Å². The summed E-state index contributed by atoms with van der Waals surface area (Å²) in [6.45, 7) is 5.09. The number of ether oxygens (including phenoxy) is 2. The Morgan fingerprint density at radius 1 is 0.843 bits per heavy atom. The van der Waals surface area contributed by atoms with Crippen molar-refractivity contribution in [1.29, 1.82) is 0 Å². The molecule has 3 aromatic carbocycles. The third kappa shape index (κ3) is 6.79. The number of aromatic nitrogens is 5. The third-order valence-electron chi connectivity index (χ3n) is 7.61. The average Bonchev–Trinajstić information content (AvgIpc) is 3.67. The lowest BCUT2D eigenvalue weighted by Crippen LogP contribution is -2.34. The molecule has 51 heavy (non-hydrogen) atoms. The maximum Gasteiger partial charge on any atom is 0.435 e. The summed E-state index contributed by atoms with van der Waals surface area (Å²) >= 11 is 0. The SMILES string of the molecule is Cn1ncc2cc(Oc3ccc(-c4cc(C(F)(F)F)n(-c5ccc(F)cc5)c(=O)c4C(N)=O)cc3F)c(-c3cnn(C(=O)OC(C)(C)C)c3)cc21. The Balaban J connectivity index is 1.44. The van der Waals surface area contributed by atoms with Gasteiger partial charge in [0.2, 0.25) is 0 Å². The predicted molar refractivity (Wildman–Crippen MR) is 175 cm³/mol. The summed E-state index contributed by atoms with van der Waals surface area (Å²) in [5, 5.41) is 8.93. The smallest absolute Gasteiger partial charge is 0.435 e. The van der Waals surface area contributed by atoms with Gasteiger partial charge in [-0.05, 0) is 80.9 Å². The zero-order valence-corrected chi connectivity index (χ0v) is 27.3. The van der Waals surface area contributed by atoms with Crippen molar-refractivity contribution in [3.05, 3.63) is 112 Å². The van der Waals surface area contributed by atoms with Crippen LogP contribution in [0.1, 0.15) is 36.8 Å². The van der Waals surface area contributed by atoms with Crippen LogP contribution < -0.4 is 16.0 Å². The number of carbonyl (C=O) groups is 2. The van der Waals surface area contributed by atoms with Crippen molar-refractivity contribution in [1.82, 2.24) is 24.1 Å². The van der Waals surface area contributed by atoms with E-state index in [4.69, 9.17) is 15.2 Å². The number of halogens is 5. The van der Waals surface area contributed by atoms with Gasteiger partial charge in [0, 0.05) is 41.0 Å². The van der Waals surface area contributed by atoms with Crippen LogP contribution in [0.25, 0.3) is 38.8 Å². The van der Waals surface area contributed by atoms with Gasteiger partial charge in [-0.25, -0.2) is 13.6 Å². The molecule has 6 aromatic rings. The van der Waals surface area contributed by atoms with Crippen LogP contribution in [-0.2, 0) is 18.0 Å². The summed E-state index contributed by atoms with van der Waals surface area (Å²) in [5.74, 6) is -3.49. The van der Waals surface area contributed by atoms with Crippen LogP contribution in [0, 0.1) is 11.6 Å². The lowest BCUT2D eigenvalue weighted by molar-refractivity contribution is -0.142. The molecule has 6 rings (SSSR count). The van der Waals surface area contributed by atoms with Crippen LogP contribution in [0.5, 0.6) is 11.5 Å². The summed E-state index contributed by atoms with van der Waals surface area (Å²) < 4.78 is 86.5. The van der Waals surface area contributed by atoms with Crippen molar-refractivity contribution in [2.75, 3.05) is 0 Å². The molecule has 16 heteroatoms. The highest BCUT2D eigenvalue weighted by molar-refractivity contribution is 5.99. The molecule has 11 nitrogen and oxygen atoms in total. The van der Waals surface area contributed by atoms with E-state index < -0.39 is 57.8 Å². The van der Waals surface area contributed by atoms with E-state index in [0.29, 0.717) is 28.1 Å². The largest absolute Gasteiger partial charge is 0.454 e. The van der Waals surface area contributed by atoms with Crippen molar-refractivity contribution in [2.45, 2.75) is 32.5 Å². The van der Waals surface area contributed by atoms with E-state index >= 15 is 4.39 Å². The summed E-state index contributed by atoms with van der Waals surface area (Å²) in [5.41, 5.74) is 1.04. The van der Waals surface area contributed by atoms with Gasteiger partial charge < -0.3 is 15.2 Å². The quantitative estimate of drug-likeness (QED) is 0.181. The van der Waals surface area contributed by atoms with Gasteiger partial charge >= 0.3 is 12.3 Å². The summed E-state index contributed by atoms with van der Waals surface area (Å²) in [4.78, 5) is 38.6. The van der Waals surface area contributed by atoms with Gasteiger partial charge in [-0.3, -0.25) is 18.8 Å². The number of alkyl halides is 3. The molecule has 0 aliphatic carbocycles. The van der Waals surface area contributed by atoms with Gasteiger partial charge in [0.25, 0.3) is 11.5 Å². The lowest BCUT2D eigenvalue weighted by atomic mass is 9.98. The van der Waals surface area contributed by atoms with Gasteiger partial charge in [-0.2, -0.15) is 28.1 Å². The number of pyridine rings is 1. The number of nitrogens with zero attached hydrogens (tertiary/aromatic N) is 5. The van der Waals surface area contributed by atoms with E-state index in [-0.39, 0.29) is 27.3 Å². The highest BCUT2D eigenvalue weighted by Gasteiger charge is 2.37. The molecule has 0 fully saturated rings. The number of hydrogen-bond acceptors (Lipinski definition) is 7. The zero-order valence-electron chi connectivity index (χ0n) is 27.3. The Morgan fingerprint density at radius 2 is 1.55 bits per heavy atom. The Bertz CT molecular complexity index is 2410. The Labute approximate surface area is 285 Å². The van der Waals surface area contributed by atoms with Crippen molar-refractivity contribution in [3.8, 4) is 39.4 Å². The number of aryl methyl sites for hydroxylation is 1. The molecule has 0 saturated heterocycles. The van der Waals surface area contributed by atoms with Crippen LogP contribution in [-0.4, -0.2) is 41.7 Å². The van der Waals surface area contributed by atoms with Gasteiger partial charge in [-0.15, -0.1) is 0 Å². The van der Waals surface area contributed by atoms with Crippen LogP contribution in [0.2, 0.25) is 0 Å². The van der Waals surface area contributed by atoms with Crippen LogP contribution >= 0.6 is 0 Å². The van der Waals surface area contributed by atoms with E-state index in [1.165, 1.54) is 12.4 Å². The molecule has 0 aliphatic heterocycles. The summed E-state index contributed by atoms with van der Waals surface area (Å²) in [6.07, 6.45) is -1.55. The fourth-order valence-electron chi connectivity index (χ4n) is 5.36. The third-order valence-corrected chi connectivity index (χ3v) is 7.61. The van der Waals surface area contributed by atoms with Crippen LogP contribution in [0.3, 0.4) is 0 Å². The standard InChI is InChI=1S/C35H27F5N6O5/c1-34(2,3)51-33(49)45-17-20(16-43-45)23-13-26-19(15-42-44(26)4)12-28(23)50-27-10-5-18(11-25(27)37)24-14-29(35(38,39)40)46(32(48)30(24)31(41)47)22-8-6-21(36)7-9-22/h5-17H,1-4H3,(H2,41,47). The molecular formula is C35H27F5N6O5. The van der Waals surface area contributed by atoms with Gasteiger partial charge in [0.15, 0.2) is 11.6 Å². The second kappa shape index (κ2) is 12.5. The number of hydrogen-bond donors (Lipinski definition) is 1. The number of benzene rings is 3. The maximum absolute atomic E-state index is 15.8. The molecular weight excluding hydrogens is 679 g/mol. The monoisotopic (exact) mass is 706 g/mol. The normalized spacial score (nSPS) is 11.9. The average molecular weight is 707 g/mol. The summed E-state index contributed by atoms with van der Waals surface area (Å²) in [6, 6.07) is 10.4. The first-order chi connectivity index (χ1) is 23.9. The van der Waals surface area contributed by atoms with E-state index in [0.717, 1.165) is 47.1 Å². The Morgan fingerprint density at radius 3 is 2.18 bits per heavy atom. The molecule has 3 heterocycles. The maximum atomic E-state index is 15.8. The second-order valence-electron chi connectivity index (χ2n) is 12.4. The minimum atomic E-state index is -5.14. The number of fused-ring (bicyclic) bond motifs is 1. The van der Waals surface area contributed by atoms with Gasteiger partial charge in [0.05, 0.1) is 17.9 Å². The van der Waals surface area contributed by atoms with Crippen LogP contribution in [0.15, 0.2) is 84.0 Å². The van der Waals surface area contributed by atoms with E-state index in [1.807, 2.05) is 0 Å². The van der Waals surface area contributed by atoms with Crippen molar-refractivity contribution in [2.24, 2.45) is 12.8 Å². The molecule has 2 N–H and O–H groups in total. The minimum absolute atomic E-state index is 0.102. The number of amides is 1. The van der Waals surface area contributed by atoms with Crippen molar-refractivity contribution in [3.63, 3.8) is 0 Å². The predicted octanol–water partition coefficient (Wildman–Crippen LogP) is 7.23. The van der Waals surface area contributed by atoms with E-state index in [2.05, 4.69) is 10.2 Å². The Hall–Kier alpha value is -6.32. The molecule has 0 atom stereocenters.